The summed E-state index contributed by atoms with van der Waals surface area (Å²) in [5, 5.41) is 8.81. The highest BCUT2D eigenvalue weighted by Crippen LogP contribution is 2.24. The fourth-order valence-electron chi connectivity index (χ4n) is 3.36. The maximum Gasteiger partial charge on any atom is 0.319 e. The van der Waals surface area contributed by atoms with E-state index in [0.29, 0.717) is 6.54 Å². The Bertz CT molecular complexity index is 965. The molecule has 3 N–H and O–H groups in total. The van der Waals surface area contributed by atoms with Gasteiger partial charge in [0.1, 0.15) is 0 Å². The van der Waals surface area contributed by atoms with Gasteiger partial charge in [0, 0.05) is 56.9 Å². The number of amides is 2. The van der Waals surface area contributed by atoms with Crippen molar-refractivity contribution >= 4 is 23.2 Å². The van der Waals surface area contributed by atoms with E-state index in [1.54, 1.807) is 6.20 Å². The van der Waals surface area contributed by atoms with Crippen LogP contribution in [0.3, 0.4) is 0 Å². The molecule has 1 aliphatic heterocycles. The number of imidazole rings is 1. The number of nitrogens with zero attached hydrogens (tertiary/aromatic N) is 4. The first kappa shape index (κ1) is 19.2. The number of nitrogens with one attached hydrogen (secondary N) is 3. The minimum Gasteiger partial charge on any atom is -0.379 e. The molecule has 4 rings (SSSR count). The van der Waals surface area contributed by atoms with Gasteiger partial charge in [-0.1, -0.05) is 12.1 Å². The zero-order valence-electron chi connectivity index (χ0n) is 16.4. The maximum absolute atomic E-state index is 12.1. The molecule has 1 fully saturated rings. The molecule has 0 bridgehead atoms. The van der Waals surface area contributed by atoms with E-state index in [-0.39, 0.29) is 6.03 Å². The number of hydrogen-bond acceptors (Lipinski definition) is 6. The van der Waals surface area contributed by atoms with Gasteiger partial charge in [-0.05, 0) is 12.1 Å². The average Bonchev–Trinajstić information content (AvgIpc) is 3.19. The zero-order valence-corrected chi connectivity index (χ0v) is 16.4. The Morgan fingerprint density at radius 2 is 1.97 bits per heavy atom. The predicted octanol–water partition coefficient (Wildman–Crippen LogP) is 1.89. The second kappa shape index (κ2) is 8.89. The first-order valence-electron chi connectivity index (χ1n) is 9.70. The van der Waals surface area contributed by atoms with Gasteiger partial charge in [0.2, 0.25) is 0 Å². The van der Waals surface area contributed by atoms with Crippen LogP contribution in [0, 0.1) is 0 Å². The summed E-state index contributed by atoms with van der Waals surface area (Å²) in [6.07, 6.45) is 5.44. The lowest BCUT2D eigenvalue weighted by Gasteiger charge is -2.26. The monoisotopic (exact) mass is 395 g/mol. The SMILES string of the molecule is CNc1nccn2c(-c3ccc(NC(=O)NCCN4CCOCC4)cc3)cnc12. The minimum absolute atomic E-state index is 0.203. The Hall–Kier alpha value is -3.17. The molecule has 2 amide bonds. The van der Waals surface area contributed by atoms with Gasteiger partial charge in [-0.2, -0.15) is 0 Å². The van der Waals surface area contributed by atoms with Crippen LogP contribution in [0.4, 0.5) is 16.3 Å². The number of ether oxygens (including phenoxy) is 1. The lowest BCUT2D eigenvalue weighted by molar-refractivity contribution is 0.0388. The van der Waals surface area contributed by atoms with E-state index in [4.69, 9.17) is 4.74 Å². The first-order chi connectivity index (χ1) is 14.2. The molecule has 0 radical (unpaired) electrons. The number of hydrogen-bond donors (Lipinski definition) is 3. The molecule has 1 saturated heterocycles. The number of aromatic nitrogens is 3. The van der Waals surface area contributed by atoms with E-state index < -0.39 is 0 Å². The summed E-state index contributed by atoms with van der Waals surface area (Å²) in [7, 11) is 1.82. The molecule has 1 aromatic carbocycles. The lowest BCUT2D eigenvalue weighted by atomic mass is 10.1. The quantitative estimate of drug-likeness (QED) is 0.590. The topological polar surface area (TPSA) is 95.8 Å². The van der Waals surface area contributed by atoms with Gasteiger partial charge in [0.15, 0.2) is 11.5 Å². The van der Waals surface area contributed by atoms with Crippen LogP contribution >= 0.6 is 0 Å². The molecule has 152 valence electrons. The molecule has 29 heavy (non-hydrogen) atoms. The van der Waals surface area contributed by atoms with Gasteiger partial charge in [-0.15, -0.1) is 0 Å². The van der Waals surface area contributed by atoms with Gasteiger partial charge in [-0.3, -0.25) is 9.30 Å². The Morgan fingerprint density at radius 3 is 2.72 bits per heavy atom. The van der Waals surface area contributed by atoms with Gasteiger partial charge in [-0.25, -0.2) is 14.8 Å². The fraction of sp³-hybridized carbons (Fsp3) is 0.350. The van der Waals surface area contributed by atoms with Crippen molar-refractivity contribution in [3.05, 3.63) is 42.9 Å². The number of benzene rings is 1. The van der Waals surface area contributed by atoms with Crippen LogP contribution in [0.25, 0.3) is 16.9 Å². The molecule has 1 aliphatic rings. The number of rotatable bonds is 6. The molecule has 0 aliphatic carbocycles. The normalized spacial score (nSPS) is 14.7. The van der Waals surface area contributed by atoms with Gasteiger partial charge in [0.05, 0.1) is 25.1 Å². The van der Waals surface area contributed by atoms with Crippen LogP contribution in [0.1, 0.15) is 0 Å². The summed E-state index contributed by atoms with van der Waals surface area (Å²) < 4.78 is 7.31. The number of carbonyl (C=O) groups is 1. The lowest BCUT2D eigenvalue weighted by Crippen LogP contribution is -2.42. The van der Waals surface area contributed by atoms with Crippen LogP contribution in [-0.2, 0) is 4.74 Å². The van der Waals surface area contributed by atoms with Crippen LogP contribution in [0.2, 0.25) is 0 Å². The number of anilines is 2. The fourth-order valence-corrected chi connectivity index (χ4v) is 3.36. The van der Waals surface area contributed by atoms with Crippen LogP contribution < -0.4 is 16.0 Å². The van der Waals surface area contributed by atoms with Crippen LogP contribution in [0.5, 0.6) is 0 Å². The zero-order chi connectivity index (χ0) is 20.1. The number of carbonyl (C=O) groups excluding carboxylic acids is 1. The van der Waals surface area contributed by atoms with E-state index >= 15 is 0 Å². The van der Waals surface area contributed by atoms with Gasteiger partial charge >= 0.3 is 6.03 Å². The van der Waals surface area contributed by atoms with E-state index in [2.05, 4.69) is 30.8 Å². The molecule has 2 aromatic heterocycles. The Balaban J connectivity index is 1.35. The Kier molecular flexibility index (Phi) is 5.87. The van der Waals surface area contributed by atoms with Crippen molar-refractivity contribution in [2.45, 2.75) is 0 Å². The molecule has 0 atom stereocenters. The molecule has 3 aromatic rings. The third-order valence-electron chi connectivity index (χ3n) is 4.92. The van der Waals surface area contributed by atoms with Gasteiger partial charge < -0.3 is 20.7 Å². The Morgan fingerprint density at radius 1 is 1.17 bits per heavy atom. The molecule has 0 saturated carbocycles. The van der Waals surface area contributed by atoms with Crippen molar-refractivity contribution in [2.75, 3.05) is 57.1 Å². The average molecular weight is 395 g/mol. The summed E-state index contributed by atoms with van der Waals surface area (Å²) >= 11 is 0. The number of fused-ring (bicyclic) bond motifs is 1. The van der Waals surface area contributed by atoms with E-state index in [0.717, 1.165) is 61.3 Å². The predicted molar refractivity (Wildman–Crippen MR) is 112 cm³/mol. The van der Waals surface area contributed by atoms with Gasteiger partial charge in [0.25, 0.3) is 0 Å². The summed E-state index contributed by atoms with van der Waals surface area (Å²) in [5.41, 5.74) is 3.47. The van der Waals surface area contributed by atoms with Crippen LogP contribution in [0.15, 0.2) is 42.9 Å². The number of urea groups is 1. The molecular formula is C20H25N7O2. The molecule has 9 heteroatoms. The third kappa shape index (κ3) is 4.47. The standard InChI is InChI=1S/C20H25N7O2/c1-21-18-19-24-14-17(27(19)9-7-22-18)15-2-4-16(5-3-15)25-20(28)23-6-8-26-10-12-29-13-11-26/h2-5,7,9,14H,6,8,10-13H2,1H3,(H,21,22)(H2,23,25,28). The van der Waals surface area contributed by atoms with Crippen molar-refractivity contribution < 1.29 is 9.53 Å². The van der Waals surface area contributed by atoms with Crippen LogP contribution in [-0.4, -0.2) is 71.7 Å². The highest BCUT2D eigenvalue weighted by Gasteiger charge is 2.11. The summed E-state index contributed by atoms with van der Waals surface area (Å²) in [4.78, 5) is 23.1. The molecule has 3 heterocycles. The molecule has 9 nitrogen and oxygen atoms in total. The van der Waals surface area contributed by atoms with Crippen molar-refractivity contribution in [1.29, 1.82) is 0 Å². The second-order valence-electron chi connectivity index (χ2n) is 6.78. The number of morpholine rings is 1. The molecular weight excluding hydrogens is 370 g/mol. The van der Waals surface area contributed by atoms with Crippen molar-refractivity contribution in [2.24, 2.45) is 0 Å². The summed E-state index contributed by atoms with van der Waals surface area (Å²) in [6, 6.07) is 7.50. The highest BCUT2D eigenvalue weighted by molar-refractivity contribution is 5.89. The Labute approximate surface area is 169 Å². The van der Waals surface area contributed by atoms with E-state index in [1.165, 1.54) is 0 Å². The van der Waals surface area contributed by atoms with E-state index in [9.17, 15) is 4.79 Å². The van der Waals surface area contributed by atoms with Crippen molar-refractivity contribution in [3.8, 4) is 11.3 Å². The highest BCUT2D eigenvalue weighted by atomic mass is 16.5. The minimum atomic E-state index is -0.203. The largest absolute Gasteiger partial charge is 0.379 e. The van der Waals surface area contributed by atoms with Crippen molar-refractivity contribution in [3.63, 3.8) is 0 Å². The second-order valence-corrected chi connectivity index (χ2v) is 6.78. The third-order valence-corrected chi connectivity index (χ3v) is 4.92. The maximum atomic E-state index is 12.1. The first-order valence-corrected chi connectivity index (χ1v) is 9.70. The summed E-state index contributed by atoms with van der Waals surface area (Å²) in [6.45, 7) is 4.79. The van der Waals surface area contributed by atoms with E-state index in [1.807, 2.05) is 48.1 Å². The smallest absolute Gasteiger partial charge is 0.319 e. The summed E-state index contributed by atoms with van der Waals surface area (Å²) in [5.74, 6) is 0.728. The van der Waals surface area contributed by atoms with Crippen molar-refractivity contribution in [1.82, 2.24) is 24.6 Å². The molecule has 0 spiro atoms. The molecule has 0 unspecified atom stereocenters.